The second-order valence-electron chi connectivity index (χ2n) is 7.37. The average molecular weight is 459 g/mol. The summed E-state index contributed by atoms with van der Waals surface area (Å²) in [6.45, 7) is 4.19. The van der Waals surface area contributed by atoms with Crippen molar-refractivity contribution in [3.05, 3.63) is 23.9 Å². The van der Waals surface area contributed by atoms with E-state index in [1.807, 2.05) is 0 Å². The van der Waals surface area contributed by atoms with Crippen LogP contribution < -0.4 is 15.4 Å². The number of carboxylic acids is 1. The maximum atomic E-state index is 12.9. The first kappa shape index (κ1) is 26.5. The van der Waals surface area contributed by atoms with Gasteiger partial charge in [-0.25, -0.2) is 9.78 Å². The van der Waals surface area contributed by atoms with Crippen molar-refractivity contribution in [2.24, 2.45) is 0 Å². The zero-order valence-electron chi connectivity index (χ0n) is 16.7. The number of nitrogens with one attached hydrogen (secondary N) is 2. The summed E-state index contributed by atoms with van der Waals surface area (Å²) in [4.78, 5) is 24.6. The van der Waals surface area contributed by atoms with Gasteiger partial charge in [-0.1, -0.05) is 0 Å². The van der Waals surface area contributed by atoms with E-state index in [0.717, 1.165) is 25.5 Å². The molecule has 0 saturated carbocycles. The van der Waals surface area contributed by atoms with Crippen LogP contribution >= 0.6 is 0 Å². The van der Waals surface area contributed by atoms with Crippen LogP contribution in [0, 0.1) is 0 Å². The number of rotatable bonds is 6. The van der Waals surface area contributed by atoms with E-state index in [-0.39, 0.29) is 18.6 Å². The highest BCUT2D eigenvalue weighted by atomic mass is 19.4. The molecule has 0 radical (unpaired) electrons. The molecule has 1 aliphatic heterocycles. The Bertz CT molecular complexity index is 747. The highest BCUT2D eigenvalue weighted by Crippen LogP contribution is 2.34. The number of aromatic nitrogens is 1. The lowest BCUT2D eigenvalue weighted by Crippen LogP contribution is -2.49. The number of carbonyl (C=O) groups is 2. The van der Waals surface area contributed by atoms with Crippen LogP contribution in [0.3, 0.4) is 0 Å². The van der Waals surface area contributed by atoms with Gasteiger partial charge in [0.1, 0.15) is 12.2 Å². The number of pyridine rings is 1. The van der Waals surface area contributed by atoms with Crippen molar-refractivity contribution in [2.75, 3.05) is 13.2 Å². The van der Waals surface area contributed by atoms with Gasteiger partial charge in [0.25, 0.3) is 0 Å². The largest absolute Gasteiger partial charge is 0.490 e. The zero-order valence-corrected chi connectivity index (χ0v) is 16.7. The molecule has 1 aromatic rings. The molecule has 1 aromatic heterocycles. The number of ether oxygens (including phenoxy) is 1. The first-order chi connectivity index (χ1) is 14.1. The fourth-order valence-electron chi connectivity index (χ4n) is 2.59. The topological polar surface area (TPSA) is 101 Å². The normalized spacial score (nSPS) is 16.8. The zero-order chi connectivity index (χ0) is 23.9. The molecule has 31 heavy (non-hydrogen) atoms. The number of alkyl halides is 6. The van der Waals surface area contributed by atoms with E-state index in [4.69, 9.17) is 14.6 Å². The summed E-state index contributed by atoms with van der Waals surface area (Å²) in [5, 5.41) is 13.2. The number of carbonyl (C=O) groups excluding carboxylic acids is 1. The molecule has 0 aromatic carbocycles. The molecule has 2 heterocycles. The number of hydrogen-bond acceptors (Lipinski definition) is 5. The summed E-state index contributed by atoms with van der Waals surface area (Å²) < 4.78 is 75.7. The second-order valence-corrected chi connectivity index (χ2v) is 7.37. The molecule has 1 saturated heterocycles. The summed E-state index contributed by atoms with van der Waals surface area (Å²) in [7, 11) is 0. The minimum absolute atomic E-state index is 0.114. The molecule has 0 spiro atoms. The van der Waals surface area contributed by atoms with Crippen LogP contribution in [0.2, 0.25) is 0 Å². The van der Waals surface area contributed by atoms with Gasteiger partial charge in [0.2, 0.25) is 11.8 Å². The van der Waals surface area contributed by atoms with E-state index >= 15 is 0 Å². The van der Waals surface area contributed by atoms with Gasteiger partial charge in [-0.05, 0) is 45.4 Å². The van der Waals surface area contributed by atoms with E-state index in [9.17, 15) is 31.1 Å². The molecular formula is C18H23F6N3O4. The quantitative estimate of drug-likeness (QED) is 0.566. The summed E-state index contributed by atoms with van der Waals surface area (Å²) in [5.74, 6) is -3.39. The van der Waals surface area contributed by atoms with Gasteiger partial charge in [0, 0.05) is 18.7 Å². The van der Waals surface area contributed by atoms with Crippen LogP contribution in [0.4, 0.5) is 26.3 Å². The Morgan fingerprint density at radius 2 is 1.87 bits per heavy atom. The monoisotopic (exact) mass is 459 g/mol. The predicted molar refractivity (Wildman–Crippen MR) is 96.3 cm³/mol. The van der Waals surface area contributed by atoms with Crippen molar-refractivity contribution in [3.8, 4) is 5.88 Å². The number of carboxylic acid groups (broad SMARTS) is 1. The molecule has 2 rings (SSSR count). The molecule has 176 valence electrons. The van der Waals surface area contributed by atoms with Crippen molar-refractivity contribution in [3.63, 3.8) is 0 Å². The molecule has 0 bridgehead atoms. The van der Waals surface area contributed by atoms with Crippen LogP contribution in [-0.2, 0) is 15.8 Å². The molecular weight excluding hydrogens is 436 g/mol. The smallest absolute Gasteiger partial charge is 0.475 e. The highest BCUT2D eigenvalue weighted by Gasteiger charge is 2.38. The number of amides is 1. The maximum Gasteiger partial charge on any atom is 0.490 e. The van der Waals surface area contributed by atoms with E-state index in [2.05, 4.69) is 15.6 Å². The van der Waals surface area contributed by atoms with E-state index in [1.165, 1.54) is 12.3 Å². The van der Waals surface area contributed by atoms with E-state index in [1.54, 1.807) is 13.8 Å². The molecule has 1 fully saturated rings. The summed E-state index contributed by atoms with van der Waals surface area (Å²) >= 11 is 0. The van der Waals surface area contributed by atoms with E-state index in [0.29, 0.717) is 6.42 Å². The van der Waals surface area contributed by atoms with Crippen LogP contribution in [-0.4, -0.2) is 52.9 Å². The predicted octanol–water partition coefficient (Wildman–Crippen LogP) is 3.15. The summed E-state index contributed by atoms with van der Waals surface area (Å²) in [6.07, 6.45) is -6.04. The Labute approximate surface area is 174 Å². The average Bonchev–Trinajstić information content (AvgIpc) is 3.11. The summed E-state index contributed by atoms with van der Waals surface area (Å²) in [6, 6.07) is 2.28. The molecule has 3 N–H and O–H groups in total. The van der Waals surface area contributed by atoms with Gasteiger partial charge in [0.15, 0.2) is 0 Å². The van der Waals surface area contributed by atoms with Gasteiger partial charge < -0.3 is 20.5 Å². The van der Waals surface area contributed by atoms with Crippen LogP contribution in [0.1, 0.15) is 38.7 Å². The SMILES string of the molecule is CC(C)(COc1ncccc1C(F)(F)F)NC(=O)C[C@H]1CCCN1.O=C(O)C(F)(F)F. The maximum absolute atomic E-state index is 12.9. The Balaban J connectivity index is 0.000000592. The fraction of sp³-hybridized carbons (Fsp3) is 0.611. The Morgan fingerprint density at radius 1 is 1.26 bits per heavy atom. The number of halogens is 6. The minimum Gasteiger partial charge on any atom is -0.475 e. The molecule has 1 aliphatic rings. The lowest BCUT2D eigenvalue weighted by Gasteiger charge is -2.27. The molecule has 13 heteroatoms. The standard InChI is InChI=1S/C16H22F3N3O2.C2HF3O2/c1-15(2,22-13(23)9-11-5-3-7-20-11)10-24-14-12(16(17,18)19)6-4-8-21-14;3-2(4,5)1(6)7/h4,6,8,11,20H,3,5,7,9-10H2,1-2H3,(H,22,23);(H,6,7)/t11-;/m1./s1. The van der Waals surface area contributed by atoms with Crippen molar-refractivity contribution in [1.82, 2.24) is 15.6 Å². The highest BCUT2D eigenvalue weighted by molar-refractivity contribution is 5.77. The Morgan fingerprint density at radius 3 is 2.35 bits per heavy atom. The summed E-state index contributed by atoms with van der Waals surface area (Å²) in [5.41, 5.74) is -1.74. The van der Waals surface area contributed by atoms with Gasteiger partial charge in [-0.2, -0.15) is 26.3 Å². The molecule has 7 nitrogen and oxygen atoms in total. The third kappa shape index (κ3) is 9.85. The van der Waals surface area contributed by atoms with Gasteiger partial charge in [-0.15, -0.1) is 0 Å². The third-order valence-corrected chi connectivity index (χ3v) is 3.96. The van der Waals surface area contributed by atoms with Gasteiger partial charge in [0.05, 0.1) is 5.54 Å². The Kier molecular flexibility index (Phi) is 9.09. The third-order valence-electron chi connectivity index (χ3n) is 3.96. The van der Waals surface area contributed by atoms with Crippen LogP contribution in [0.5, 0.6) is 5.88 Å². The molecule has 1 amide bonds. The van der Waals surface area contributed by atoms with Crippen LogP contribution in [0.15, 0.2) is 18.3 Å². The minimum atomic E-state index is -5.08. The Hall–Kier alpha value is -2.57. The first-order valence-corrected chi connectivity index (χ1v) is 9.11. The lowest BCUT2D eigenvalue weighted by atomic mass is 10.1. The number of nitrogens with zero attached hydrogens (tertiary/aromatic N) is 1. The first-order valence-electron chi connectivity index (χ1n) is 9.11. The molecule has 0 unspecified atom stereocenters. The van der Waals surface area contributed by atoms with Crippen LogP contribution in [0.25, 0.3) is 0 Å². The van der Waals surface area contributed by atoms with E-state index < -0.39 is 35.3 Å². The van der Waals surface area contributed by atoms with Crippen molar-refractivity contribution < 1.29 is 45.8 Å². The van der Waals surface area contributed by atoms with Crippen molar-refractivity contribution in [1.29, 1.82) is 0 Å². The van der Waals surface area contributed by atoms with Crippen molar-refractivity contribution in [2.45, 2.75) is 57.0 Å². The van der Waals surface area contributed by atoms with Crippen molar-refractivity contribution >= 4 is 11.9 Å². The lowest BCUT2D eigenvalue weighted by molar-refractivity contribution is -0.192. The second kappa shape index (κ2) is 10.6. The number of hydrogen-bond donors (Lipinski definition) is 3. The fourth-order valence-corrected chi connectivity index (χ4v) is 2.59. The van der Waals surface area contributed by atoms with Gasteiger partial charge >= 0.3 is 18.3 Å². The molecule has 1 atom stereocenters. The number of aliphatic carboxylic acids is 1. The molecule has 0 aliphatic carbocycles. The van der Waals surface area contributed by atoms with Gasteiger partial charge in [-0.3, -0.25) is 4.79 Å².